The van der Waals surface area contributed by atoms with E-state index in [1.54, 1.807) is 26.0 Å². The van der Waals surface area contributed by atoms with Crippen molar-refractivity contribution >= 4 is 18.6 Å². The van der Waals surface area contributed by atoms with Crippen molar-refractivity contribution in [2.24, 2.45) is 0 Å². The molecule has 0 spiro atoms. The number of phenolic OH excluding ortho intramolecular Hbond substituents is 1. The smallest absolute Gasteiger partial charge is 0.507 e. The van der Waals surface area contributed by atoms with E-state index in [2.05, 4.69) is 0 Å². The predicted molar refractivity (Wildman–Crippen MR) is 86.5 cm³/mol. The molecule has 5 nitrogen and oxygen atoms in total. The van der Waals surface area contributed by atoms with Crippen molar-refractivity contribution in [2.75, 3.05) is 13.2 Å². The number of fused-ring (bicyclic) bond motifs is 1. The number of rotatable bonds is 7. The molecule has 0 aliphatic carbocycles. The lowest BCUT2D eigenvalue weighted by atomic mass is 10.0. The van der Waals surface area contributed by atoms with Crippen LogP contribution in [0.4, 0.5) is 0 Å². The van der Waals surface area contributed by atoms with Crippen molar-refractivity contribution in [3.05, 3.63) is 35.9 Å². The van der Waals surface area contributed by atoms with Gasteiger partial charge < -0.3 is 9.63 Å². The monoisotopic (exact) mass is 324 g/mol. The number of phosphoric acid groups is 1. The van der Waals surface area contributed by atoms with Crippen molar-refractivity contribution in [1.29, 1.82) is 0 Å². The van der Waals surface area contributed by atoms with E-state index in [1.165, 1.54) is 0 Å². The van der Waals surface area contributed by atoms with Crippen molar-refractivity contribution in [1.82, 2.24) is 0 Å². The zero-order chi connectivity index (χ0) is 16.2. The van der Waals surface area contributed by atoms with E-state index >= 15 is 0 Å². The highest BCUT2D eigenvalue weighted by Crippen LogP contribution is 2.52. The molecule has 0 saturated heterocycles. The van der Waals surface area contributed by atoms with Gasteiger partial charge in [-0.15, -0.1) is 0 Å². The maximum Gasteiger partial charge on any atom is 0.530 e. The highest BCUT2D eigenvalue weighted by molar-refractivity contribution is 7.48. The molecule has 0 heterocycles. The van der Waals surface area contributed by atoms with E-state index in [9.17, 15) is 9.67 Å². The molecule has 0 fully saturated rings. The van der Waals surface area contributed by atoms with E-state index in [-0.39, 0.29) is 19.0 Å². The minimum atomic E-state index is -3.68. The number of aryl methyl sites for hydroxylation is 1. The minimum Gasteiger partial charge on any atom is -0.507 e. The van der Waals surface area contributed by atoms with Gasteiger partial charge in [0.15, 0.2) is 0 Å². The summed E-state index contributed by atoms with van der Waals surface area (Å²) in [6.07, 6.45) is 0.617. The average Bonchev–Trinajstić information content (AvgIpc) is 2.50. The number of phosphoric ester groups is 1. The van der Waals surface area contributed by atoms with Gasteiger partial charge in [0.2, 0.25) is 0 Å². The van der Waals surface area contributed by atoms with Crippen molar-refractivity contribution in [2.45, 2.75) is 27.2 Å². The molecule has 2 aromatic rings. The van der Waals surface area contributed by atoms with Crippen LogP contribution in [0.5, 0.6) is 11.5 Å². The normalized spacial score (nSPS) is 11.8. The first kappa shape index (κ1) is 16.8. The molecule has 2 rings (SSSR count). The lowest BCUT2D eigenvalue weighted by molar-refractivity contribution is 0.167. The summed E-state index contributed by atoms with van der Waals surface area (Å²) in [5.41, 5.74) is 0.746. The van der Waals surface area contributed by atoms with Crippen LogP contribution in [0.15, 0.2) is 30.3 Å². The van der Waals surface area contributed by atoms with E-state index in [0.717, 1.165) is 5.56 Å². The second-order valence-corrected chi connectivity index (χ2v) is 6.25. The highest BCUT2D eigenvalue weighted by atomic mass is 31.2. The third-order valence-corrected chi connectivity index (χ3v) is 4.76. The van der Waals surface area contributed by atoms with Crippen LogP contribution in [0.1, 0.15) is 26.3 Å². The lowest BCUT2D eigenvalue weighted by Gasteiger charge is -2.20. The Balaban J connectivity index is 2.58. The zero-order valence-electron chi connectivity index (χ0n) is 13.0. The summed E-state index contributed by atoms with van der Waals surface area (Å²) in [6.45, 7) is 5.82. The van der Waals surface area contributed by atoms with Crippen molar-refractivity contribution in [3.8, 4) is 11.5 Å². The number of hydrogen-bond acceptors (Lipinski definition) is 5. The Hall–Kier alpha value is -1.55. The molecule has 0 aromatic heterocycles. The van der Waals surface area contributed by atoms with Gasteiger partial charge in [-0.2, -0.15) is 0 Å². The Morgan fingerprint density at radius 3 is 2.18 bits per heavy atom. The topological polar surface area (TPSA) is 65.0 Å². The Bertz CT molecular complexity index is 688. The molecule has 0 unspecified atom stereocenters. The molecule has 0 bridgehead atoms. The molecular weight excluding hydrogens is 303 g/mol. The molecule has 1 N–H and O–H groups in total. The zero-order valence-corrected chi connectivity index (χ0v) is 13.9. The summed E-state index contributed by atoms with van der Waals surface area (Å²) in [5.74, 6) is 0.601. The number of benzene rings is 2. The molecule has 0 radical (unpaired) electrons. The second-order valence-electron chi connectivity index (χ2n) is 4.66. The van der Waals surface area contributed by atoms with Crippen LogP contribution in [0.2, 0.25) is 0 Å². The van der Waals surface area contributed by atoms with Crippen molar-refractivity contribution < 1.29 is 23.2 Å². The van der Waals surface area contributed by atoms with Gasteiger partial charge in [0.05, 0.1) is 13.2 Å². The number of hydrogen-bond donors (Lipinski definition) is 1. The fraction of sp³-hybridized carbons (Fsp3) is 0.375. The van der Waals surface area contributed by atoms with Crippen LogP contribution in [0.3, 0.4) is 0 Å². The van der Waals surface area contributed by atoms with Gasteiger partial charge >= 0.3 is 7.82 Å². The molecule has 0 aliphatic heterocycles. The first-order valence-electron chi connectivity index (χ1n) is 7.36. The van der Waals surface area contributed by atoms with Crippen LogP contribution in [-0.4, -0.2) is 18.3 Å². The van der Waals surface area contributed by atoms with Crippen LogP contribution in [0, 0.1) is 0 Å². The minimum absolute atomic E-state index is 0.169. The molecule has 0 amide bonds. The molecule has 0 atom stereocenters. The second kappa shape index (κ2) is 7.14. The van der Waals surface area contributed by atoms with Gasteiger partial charge in [-0.25, -0.2) is 4.57 Å². The summed E-state index contributed by atoms with van der Waals surface area (Å²) in [7, 11) is -3.68. The van der Waals surface area contributed by atoms with Crippen LogP contribution in [-0.2, 0) is 20.0 Å². The van der Waals surface area contributed by atoms with Gasteiger partial charge in [0.25, 0.3) is 0 Å². The summed E-state index contributed by atoms with van der Waals surface area (Å²) in [4.78, 5) is 0. The fourth-order valence-electron chi connectivity index (χ4n) is 2.27. The van der Waals surface area contributed by atoms with Gasteiger partial charge in [0.1, 0.15) is 11.5 Å². The SMILES string of the molecule is CCOP(=O)(OCC)Oc1c(CC)cc(O)c2ccccc12. The Morgan fingerprint density at radius 2 is 1.64 bits per heavy atom. The molecule has 0 aliphatic rings. The third kappa shape index (κ3) is 3.43. The fourth-order valence-corrected chi connectivity index (χ4v) is 3.53. The average molecular weight is 324 g/mol. The Labute approximate surface area is 130 Å². The summed E-state index contributed by atoms with van der Waals surface area (Å²) < 4.78 is 28.7. The summed E-state index contributed by atoms with van der Waals surface area (Å²) >= 11 is 0. The van der Waals surface area contributed by atoms with Crippen LogP contribution in [0.25, 0.3) is 10.8 Å². The maximum absolute atomic E-state index is 12.7. The molecule has 22 heavy (non-hydrogen) atoms. The van der Waals surface area contributed by atoms with Gasteiger partial charge in [0, 0.05) is 10.8 Å². The molecule has 6 heteroatoms. The van der Waals surface area contributed by atoms with Gasteiger partial charge in [-0.1, -0.05) is 31.2 Å². The molecule has 2 aromatic carbocycles. The van der Waals surface area contributed by atoms with E-state index in [0.29, 0.717) is 22.9 Å². The Morgan fingerprint density at radius 1 is 1.05 bits per heavy atom. The van der Waals surface area contributed by atoms with Gasteiger partial charge in [-0.05, 0) is 31.9 Å². The number of aromatic hydroxyl groups is 1. The predicted octanol–water partition coefficient (Wildman–Crippen LogP) is 4.67. The molecular formula is C16H21O5P. The summed E-state index contributed by atoms with van der Waals surface area (Å²) in [6, 6.07) is 8.87. The van der Waals surface area contributed by atoms with E-state index in [4.69, 9.17) is 13.6 Å². The first-order valence-corrected chi connectivity index (χ1v) is 8.83. The largest absolute Gasteiger partial charge is 0.530 e. The third-order valence-electron chi connectivity index (χ3n) is 3.21. The highest BCUT2D eigenvalue weighted by Gasteiger charge is 2.29. The maximum atomic E-state index is 12.7. The van der Waals surface area contributed by atoms with Crippen molar-refractivity contribution in [3.63, 3.8) is 0 Å². The van der Waals surface area contributed by atoms with E-state index < -0.39 is 7.82 Å². The first-order chi connectivity index (χ1) is 10.5. The van der Waals surface area contributed by atoms with Crippen LogP contribution >= 0.6 is 7.82 Å². The van der Waals surface area contributed by atoms with Crippen LogP contribution < -0.4 is 4.52 Å². The van der Waals surface area contributed by atoms with E-state index in [1.807, 2.05) is 25.1 Å². The standard InChI is InChI=1S/C16H21O5P/c1-4-12-11-15(17)13-9-7-8-10-14(13)16(12)21-22(18,19-5-2)20-6-3/h7-11,17H,4-6H2,1-3H3. The number of phenols is 1. The quantitative estimate of drug-likeness (QED) is 0.750. The Kier molecular flexibility index (Phi) is 5.46. The summed E-state index contributed by atoms with van der Waals surface area (Å²) in [5, 5.41) is 11.4. The molecule has 120 valence electrons. The molecule has 0 saturated carbocycles. The van der Waals surface area contributed by atoms with Gasteiger partial charge in [-0.3, -0.25) is 9.05 Å². The lowest BCUT2D eigenvalue weighted by Crippen LogP contribution is -2.04.